The Morgan fingerprint density at radius 1 is 1.12 bits per heavy atom. The molecule has 2 aromatic heterocycles. The summed E-state index contributed by atoms with van der Waals surface area (Å²) in [7, 11) is 0. The second kappa shape index (κ2) is 6.84. The molecule has 126 valence electrons. The lowest BCUT2D eigenvalue weighted by atomic mass is 10.1. The van der Waals surface area contributed by atoms with Crippen molar-refractivity contribution in [1.82, 2.24) is 15.1 Å². The molecule has 25 heavy (non-hydrogen) atoms. The monoisotopic (exact) mass is 334 g/mol. The molecule has 0 unspecified atom stereocenters. The normalized spacial score (nSPS) is 12.8. The Bertz CT molecular complexity index is 889. The molecule has 0 atom stereocenters. The largest absolute Gasteiger partial charge is 0.339 e. The summed E-state index contributed by atoms with van der Waals surface area (Å²) in [6.45, 7) is 0. The molecule has 1 amide bonds. The van der Waals surface area contributed by atoms with Crippen LogP contribution in [0.4, 0.5) is 5.69 Å². The molecule has 1 aromatic carbocycles. The predicted octanol–water partition coefficient (Wildman–Crippen LogP) is 3.19. The minimum atomic E-state index is -0.0541. The SMILES string of the molecule is O=C(CCc1nc(-c2ccncc2)no1)Nc1ccc2c(c1)CCC2. The van der Waals surface area contributed by atoms with Crippen molar-refractivity contribution in [2.75, 3.05) is 5.32 Å². The first-order valence-corrected chi connectivity index (χ1v) is 8.42. The van der Waals surface area contributed by atoms with Gasteiger partial charge >= 0.3 is 0 Å². The van der Waals surface area contributed by atoms with Crippen LogP contribution < -0.4 is 5.32 Å². The molecule has 1 aliphatic rings. The molecule has 0 bridgehead atoms. The smallest absolute Gasteiger partial charge is 0.227 e. The van der Waals surface area contributed by atoms with Crippen LogP contribution >= 0.6 is 0 Å². The highest BCUT2D eigenvalue weighted by atomic mass is 16.5. The second-order valence-electron chi connectivity index (χ2n) is 6.13. The summed E-state index contributed by atoms with van der Waals surface area (Å²) >= 11 is 0. The fourth-order valence-corrected chi connectivity index (χ4v) is 3.07. The second-order valence-corrected chi connectivity index (χ2v) is 6.13. The minimum absolute atomic E-state index is 0.0541. The topological polar surface area (TPSA) is 80.9 Å². The van der Waals surface area contributed by atoms with E-state index in [4.69, 9.17) is 4.52 Å². The highest BCUT2D eigenvalue weighted by Crippen LogP contribution is 2.25. The van der Waals surface area contributed by atoms with Gasteiger partial charge in [0.05, 0.1) is 0 Å². The fraction of sp³-hybridized carbons (Fsp3) is 0.263. The molecule has 0 spiro atoms. The van der Waals surface area contributed by atoms with Gasteiger partial charge in [-0.3, -0.25) is 9.78 Å². The van der Waals surface area contributed by atoms with Gasteiger partial charge in [0.2, 0.25) is 17.6 Å². The Labute approximate surface area is 145 Å². The van der Waals surface area contributed by atoms with Crippen LogP contribution in [0.15, 0.2) is 47.2 Å². The van der Waals surface area contributed by atoms with Gasteiger partial charge in [-0.05, 0) is 54.7 Å². The number of nitrogens with one attached hydrogen (secondary N) is 1. The van der Waals surface area contributed by atoms with E-state index in [0.717, 1.165) is 24.1 Å². The van der Waals surface area contributed by atoms with Gasteiger partial charge in [-0.15, -0.1) is 0 Å². The van der Waals surface area contributed by atoms with Gasteiger partial charge in [-0.1, -0.05) is 11.2 Å². The zero-order chi connectivity index (χ0) is 17.1. The molecular weight excluding hydrogens is 316 g/mol. The van der Waals surface area contributed by atoms with Crippen LogP contribution in [-0.4, -0.2) is 21.0 Å². The van der Waals surface area contributed by atoms with E-state index in [1.54, 1.807) is 12.4 Å². The van der Waals surface area contributed by atoms with Crippen LogP contribution in [-0.2, 0) is 24.1 Å². The maximum absolute atomic E-state index is 12.2. The van der Waals surface area contributed by atoms with Crippen LogP contribution in [0.1, 0.15) is 29.9 Å². The molecule has 1 N–H and O–H groups in total. The molecule has 0 fully saturated rings. The van der Waals surface area contributed by atoms with Gasteiger partial charge in [0.25, 0.3) is 0 Å². The van der Waals surface area contributed by atoms with E-state index in [9.17, 15) is 4.79 Å². The number of hydrogen-bond donors (Lipinski definition) is 1. The lowest BCUT2D eigenvalue weighted by molar-refractivity contribution is -0.116. The van der Waals surface area contributed by atoms with Gasteiger partial charge < -0.3 is 9.84 Å². The van der Waals surface area contributed by atoms with Crippen molar-refractivity contribution < 1.29 is 9.32 Å². The number of amides is 1. The minimum Gasteiger partial charge on any atom is -0.339 e. The molecule has 3 aromatic rings. The number of aryl methyl sites for hydroxylation is 3. The number of rotatable bonds is 5. The average molecular weight is 334 g/mol. The first-order chi connectivity index (χ1) is 12.3. The zero-order valence-electron chi connectivity index (χ0n) is 13.7. The number of benzene rings is 1. The molecule has 0 saturated heterocycles. The number of carbonyl (C=O) groups excluding carboxylic acids is 1. The molecule has 0 aliphatic heterocycles. The van der Waals surface area contributed by atoms with Gasteiger partial charge in [0.1, 0.15) is 0 Å². The summed E-state index contributed by atoms with van der Waals surface area (Å²) in [5.41, 5.74) is 4.44. The average Bonchev–Trinajstić information content (AvgIpc) is 3.30. The number of hydrogen-bond acceptors (Lipinski definition) is 5. The zero-order valence-corrected chi connectivity index (χ0v) is 13.7. The molecule has 6 heteroatoms. The van der Waals surface area contributed by atoms with Crippen molar-refractivity contribution in [3.8, 4) is 11.4 Å². The van der Waals surface area contributed by atoms with E-state index in [-0.39, 0.29) is 5.91 Å². The first kappa shape index (κ1) is 15.5. The Kier molecular flexibility index (Phi) is 4.24. The third kappa shape index (κ3) is 3.57. The van der Waals surface area contributed by atoms with Gasteiger partial charge in [-0.2, -0.15) is 4.98 Å². The standard InChI is InChI=1S/C19H18N4O2/c24-17(21-16-5-4-13-2-1-3-15(13)12-16)6-7-18-22-19(23-25-18)14-8-10-20-11-9-14/h4-5,8-12H,1-3,6-7H2,(H,21,24). The third-order valence-corrected chi connectivity index (χ3v) is 4.35. The fourth-order valence-electron chi connectivity index (χ4n) is 3.07. The van der Waals surface area contributed by atoms with E-state index in [1.165, 1.54) is 17.5 Å². The van der Waals surface area contributed by atoms with Crippen molar-refractivity contribution in [3.05, 3.63) is 59.7 Å². The van der Waals surface area contributed by atoms with Crippen molar-refractivity contribution in [2.24, 2.45) is 0 Å². The van der Waals surface area contributed by atoms with E-state index < -0.39 is 0 Å². The van der Waals surface area contributed by atoms with Crippen LogP contribution in [0, 0.1) is 0 Å². The summed E-state index contributed by atoms with van der Waals surface area (Å²) in [5, 5.41) is 6.89. The van der Waals surface area contributed by atoms with Crippen molar-refractivity contribution >= 4 is 11.6 Å². The van der Waals surface area contributed by atoms with Crippen molar-refractivity contribution in [1.29, 1.82) is 0 Å². The summed E-state index contributed by atoms with van der Waals surface area (Å²) in [6, 6.07) is 9.78. The highest BCUT2D eigenvalue weighted by Gasteiger charge is 2.13. The van der Waals surface area contributed by atoms with Crippen LogP contribution in [0.25, 0.3) is 11.4 Å². The lowest BCUT2D eigenvalue weighted by Crippen LogP contribution is -2.12. The summed E-state index contributed by atoms with van der Waals surface area (Å²) in [6.07, 6.45) is 7.50. The van der Waals surface area contributed by atoms with Crippen molar-refractivity contribution in [2.45, 2.75) is 32.1 Å². The van der Waals surface area contributed by atoms with Gasteiger partial charge in [0.15, 0.2) is 0 Å². The number of pyridine rings is 1. The predicted molar refractivity (Wildman–Crippen MR) is 92.9 cm³/mol. The number of aromatic nitrogens is 3. The van der Waals surface area contributed by atoms with Crippen LogP contribution in [0.5, 0.6) is 0 Å². The highest BCUT2D eigenvalue weighted by molar-refractivity contribution is 5.90. The molecular formula is C19H18N4O2. The molecule has 4 rings (SSSR count). The number of fused-ring (bicyclic) bond motifs is 1. The van der Waals surface area contributed by atoms with E-state index in [1.807, 2.05) is 18.2 Å². The molecule has 2 heterocycles. The molecule has 0 saturated carbocycles. The maximum Gasteiger partial charge on any atom is 0.227 e. The van der Waals surface area contributed by atoms with Gasteiger partial charge in [-0.25, -0.2) is 0 Å². The van der Waals surface area contributed by atoms with Crippen molar-refractivity contribution in [3.63, 3.8) is 0 Å². The summed E-state index contributed by atoms with van der Waals surface area (Å²) in [5.74, 6) is 0.911. The van der Waals surface area contributed by atoms with E-state index in [0.29, 0.717) is 24.6 Å². The number of anilines is 1. The van der Waals surface area contributed by atoms with Gasteiger partial charge in [0, 0.05) is 36.5 Å². The first-order valence-electron chi connectivity index (χ1n) is 8.42. The summed E-state index contributed by atoms with van der Waals surface area (Å²) < 4.78 is 5.22. The summed E-state index contributed by atoms with van der Waals surface area (Å²) in [4.78, 5) is 20.4. The third-order valence-electron chi connectivity index (χ3n) is 4.35. The van der Waals surface area contributed by atoms with Crippen LogP contribution in [0.2, 0.25) is 0 Å². The molecule has 6 nitrogen and oxygen atoms in total. The quantitative estimate of drug-likeness (QED) is 0.775. The number of carbonyl (C=O) groups is 1. The molecule has 1 aliphatic carbocycles. The van der Waals surface area contributed by atoms with E-state index >= 15 is 0 Å². The Morgan fingerprint density at radius 3 is 2.84 bits per heavy atom. The lowest BCUT2D eigenvalue weighted by Gasteiger charge is -2.06. The molecule has 0 radical (unpaired) electrons. The Balaban J connectivity index is 1.34. The Morgan fingerprint density at radius 2 is 1.96 bits per heavy atom. The maximum atomic E-state index is 12.2. The Hall–Kier alpha value is -3.02. The number of nitrogens with zero attached hydrogens (tertiary/aromatic N) is 3. The van der Waals surface area contributed by atoms with E-state index in [2.05, 4.69) is 32.6 Å². The van der Waals surface area contributed by atoms with Crippen LogP contribution in [0.3, 0.4) is 0 Å².